The van der Waals surface area contributed by atoms with Crippen molar-refractivity contribution in [1.29, 1.82) is 0 Å². The molecule has 0 heterocycles. The van der Waals surface area contributed by atoms with Crippen LogP contribution in [-0.4, -0.2) is 42.3 Å². The van der Waals surface area contributed by atoms with Gasteiger partial charge >= 0.3 is 5.97 Å². The van der Waals surface area contributed by atoms with E-state index in [9.17, 15) is 14.3 Å². The summed E-state index contributed by atoms with van der Waals surface area (Å²) in [5, 5.41) is 9.74. The predicted molar refractivity (Wildman–Crippen MR) is 70.4 cm³/mol. The van der Waals surface area contributed by atoms with E-state index in [4.69, 9.17) is 0 Å². The number of methoxy groups -OCH3 is 1. The van der Waals surface area contributed by atoms with Crippen LogP contribution in [0.3, 0.4) is 0 Å². The van der Waals surface area contributed by atoms with E-state index in [0.29, 0.717) is 18.7 Å². The van der Waals surface area contributed by atoms with E-state index in [1.807, 2.05) is 11.9 Å². The molecule has 0 atom stereocenters. The Kier molecular flexibility index (Phi) is 5.03. The van der Waals surface area contributed by atoms with E-state index in [1.165, 1.54) is 19.2 Å². The van der Waals surface area contributed by atoms with Gasteiger partial charge in [0.25, 0.3) is 0 Å². The number of likely N-dealkylation sites (N-methyl/N-ethyl adjacent to an activating group) is 1. The molecular weight excluding hydrogens is 249 g/mol. The van der Waals surface area contributed by atoms with Gasteiger partial charge in [0.15, 0.2) is 0 Å². The minimum atomic E-state index is -0.833. The zero-order chi connectivity index (χ0) is 14.6. The molecule has 1 N–H and O–H groups in total. The SMILES string of the molecule is COC(=O)c1cc(F)ccc1CN(C)CC(C)(C)O. The lowest BCUT2D eigenvalue weighted by atomic mass is 10.1. The lowest BCUT2D eigenvalue weighted by molar-refractivity contribution is 0.0422. The predicted octanol–water partition coefficient (Wildman–Crippen LogP) is 1.81. The Morgan fingerprint density at radius 3 is 2.63 bits per heavy atom. The number of hydrogen-bond donors (Lipinski definition) is 1. The van der Waals surface area contributed by atoms with Gasteiger partial charge in [0.2, 0.25) is 0 Å². The highest BCUT2D eigenvalue weighted by molar-refractivity contribution is 5.91. The van der Waals surface area contributed by atoms with E-state index < -0.39 is 17.4 Å². The van der Waals surface area contributed by atoms with Crippen LogP contribution < -0.4 is 0 Å². The first-order valence-corrected chi connectivity index (χ1v) is 6.00. The fraction of sp³-hybridized carbons (Fsp3) is 0.500. The van der Waals surface area contributed by atoms with Gasteiger partial charge < -0.3 is 9.84 Å². The molecule has 1 rings (SSSR count). The second-order valence-electron chi connectivity index (χ2n) is 5.28. The van der Waals surface area contributed by atoms with Crippen LogP contribution in [-0.2, 0) is 11.3 Å². The molecule has 0 amide bonds. The number of carbonyl (C=O) groups excluding carboxylic acids is 1. The van der Waals surface area contributed by atoms with Crippen molar-refractivity contribution in [3.8, 4) is 0 Å². The molecule has 0 aliphatic heterocycles. The molecule has 0 aromatic heterocycles. The fourth-order valence-corrected chi connectivity index (χ4v) is 1.99. The van der Waals surface area contributed by atoms with Gasteiger partial charge in [0, 0.05) is 13.1 Å². The first-order valence-electron chi connectivity index (χ1n) is 6.00. The van der Waals surface area contributed by atoms with Crippen molar-refractivity contribution in [2.75, 3.05) is 20.7 Å². The average molecular weight is 269 g/mol. The third-order valence-corrected chi connectivity index (χ3v) is 2.57. The summed E-state index contributed by atoms with van der Waals surface area (Å²) in [6, 6.07) is 4.03. The van der Waals surface area contributed by atoms with Crippen LogP contribution in [0.5, 0.6) is 0 Å². The van der Waals surface area contributed by atoms with E-state index in [2.05, 4.69) is 4.74 Å². The Labute approximate surface area is 112 Å². The number of ether oxygens (including phenoxy) is 1. The Balaban J connectivity index is 2.91. The molecular formula is C14H20FNO3. The number of hydrogen-bond acceptors (Lipinski definition) is 4. The maximum atomic E-state index is 13.2. The lowest BCUT2D eigenvalue weighted by Crippen LogP contribution is -2.36. The zero-order valence-corrected chi connectivity index (χ0v) is 11.7. The maximum absolute atomic E-state index is 13.2. The van der Waals surface area contributed by atoms with Gasteiger partial charge in [0.1, 0.15) is 5.82 Å². The number of esters is 1. The summed E-state index contributed by atoms with van der Waals surface area (Å²) < 4.78 is 17.8. The van der Waals surface area contributed by atoms with Crippen LogP contribution in [0.2, 0.25) is 0 Å². The first kappa shape index (κ1) is 15.6. The molecule has 0 saturated carbocycles. The van der Waals surface area contributed by atoms with Crippen molar-refractivity contribution in [1.82, 2.24) is 4.90 Å². The van der Waals surface area contributed by atoms with Crippen molar-refractivity contribution < 1.29 is 19.0 Å². The molecule has 0 spiro atoms. The number of rotatable bonds is 5. The second kappa shape index (κ2) is 6.12. The van der Waals surface area contributed by atoms with E-state index >= 15 is 0 Å². The molecule has 5 heteroatoms. The van der Waals surface area contributed by atoms with Gasteiger partial charge in [0.05, 0.1) is 18.3 Å². The molecule has 0 saturated heterocycles. The van der Waals surface area contributed by atoms with E-state index in [0.717, 1.165) is 0 Å². The highest BCUT2D eigenvalue weighted by Gasteiger charge is 2.18. The molecule has 0 unspecified atom stereocenters. The smallest absolute Gasteiger partial charge is 0.338 e. The maximum Gasteiger partial charge on any atom is 0.338 e. The van der Waals surface area contributed by atoms with Crippen molar-refractivity contribution in [3.05, 3.63) is 35.1 Å². The van der Waals surface area contributed by atoms with Crippen LogP contribution in [0.15, 0.2) is 18.2 Å². The number of benzene rings is 1. The Hall–Kier alpha value is -1.46. The van der Waals surface area contributed by atoms with Crippen LogP contribution in [0.4, 0.5) is 4.39 Å². The minimum absolute atomic E-state index is 0.213. The summed E-state index contributed by atoms with van der Waals surface area (Å²) in [6.45, 7) is 4.27. The molecule has 19 heavy (non-hydrogen) atoms. The van der Waals surface area contributed by atoms with Gasteiger partial charge in [-0.2, -0.15) is 0 Å². The number of aliphatic hydroxyl groups is 1. The fourth-order valence-electron chi connectivity index (χ4n) is 1.99. The number of carbonyl (C=O) groups is 1. The van der Waals surface area contributed by atoms with Crippen molar-refractivity contribution in [2.45, 2.75) is 26.0 Å². The number of nitrogens with zero attached hydrogens (tertiary/aromatic N) is 1. The molecule has 106 valence electrons. The molecule has 0 fully saturated rings. The van der Waals surface area contributed by atoms with Crippen LogP contribution >= 0.6 is 0 Å². The van der Waals surface area contributed by atoms with Crippen LogP contribution in [0.25, 0.3) is 0 Å². The largest absolute Gasteiger partial charge is 0.465 e. The standard InChI is InChI=1S/C14H20FNO3/c1-14(2,18)9-16(3)8-10-5-6-11(15)7-12(10)13(17)19-4/h5-7,18H,8-9H2,1-4H3. The summed E-state index contributed by atoms with van der Waals surface area (Å²) in [5.74, 6) is -1.04. The lowest BCUT2D eigenvalue weighted by Gasteiger charge is -2.26. The minimum Gasteiger partial charge on any atom is -0.465 e. The Morgan fingerprint density at radius 2 is 2.11 bits per heavy atom. The molecule has 1 aromatic rings. The molecule has 1 aromatic carbocycles. The van der Waals surface area contributed by atoms with Crippen LogP contribution in [0.1, 0.15) is 29.8 Å². The second-order valence-corrected chi connectivity index (χ2v) is 5.28. The van der Waals surface area contributed by atoms with Crippen LogP contribution in [0, 0.1) is 5.82 Å². The Morgan fingerprint density at radius 1 is 1.47 bits per heavy atom. The van der Waals surface area contributed by atoms with Gasteiger partial charge in [-0.05, 0) is 38.6 Å². The molecule has 0 aliphatic carbocycles. The van der Waals surface area contributed by atoms with E-state index in [1.54, 1.807) is 19.9 Å². The topological polar surface area (TPSA) is 49.8 Å². The quantitative estimate of drug-likeness (QED) is 0.828. The summed E-state index contributed by atoms with van der Waals surface area (Å²) in [6.07, 6.45) is 0. The average Bonchev–Trinajstić information content (AvgIpc) is 2.28. The zero-order valence-electron chi connectivity index (χ0n) is 11.7. The highest BCUT2D eigenvalue weighted by atomic mass is 19.1. The molecule has 0 aliphatic rings. The third kappa shape index (κ3) is 4.96. The monoisotopic (exact) mass is 269 g/mol. The third-order valence-electron chi connectivity index (χ3n) is 2.57. The van der Waals surface area contributed by atoms with Crippen molar-refractivity contribution in [2.24, 2.45) is 0 Å². The summed E-state index contributed by atoms with van der Waals surface area (Å²) in [5.41, 5.74) is 0.0466. The number of halogens is 1. The van der Waals surface area contributed by atoms with E-state index in [-0.39, 0.29) is 5.56 Å². The Bertz CT molecular complexity index is 454. The molecule has 0 radical (unpaired) electrons. The summed E-state index contributed by atoms with van der Waals surface area (Å²) in [7, 11) is 3.08. The normalized spacial score (nSPS) is 11.7. The van der Waals surface area contributed by atoms with Crippen molar-refractivity contribution >= 4 is 5.97 Å². The molecule has 4 nitrogen and oxygen atoms in total. The summed E-state index contributed by atoms with van der Waals surface area (Å²) >= 11 is 0. The van der Waals surface area contributed by atoms with Gasteiger partial charge in [-0.25, -0.2) is 9.18 Å². The highest BCUT2D eigenvalue weighted by Crippen LogP contribution is 2.16. The van der Waals surface area contributed by atoms with Crippen molar-refractivity contribution in [3.63, 3.8) is 0 Å². The van der Waals surface area contributed by atoms with Gasteiger partial charge in [-0.15, -0.1) is 0 Å². The van der Waals surface area contributed by atoms with Gasteiger partial charge in [-0.1, -0.05) is 6.07 Å². The first-order chi connectivity index (χ1) is 8.73. The summed E-state index contributed by atoms with van der Waals surface area (Å²) in [4.78, 5) is 13.5. The van der Waals surface area contributed by atoms with Gasteiger partial charge in [-0.3, -0.25) is 4.90 Å². The molecule has 0 bridgehead atoms.